The van der Waals surface area contributed by atoms with Crippen LogP contribution in [0.4, 0.5) is 4.79 Å². The second-order valence-corrected chi connectivity index (χ2v) is 7.13. The highest BCUT2D eigenvalue weighted by atomic mass is 16.6. The minimum absolute atomic E-state index is 0.220. The van der Waals surface area contributed by atoms with Crippen LogP contribution in [0, 0.1) is 0 Å². The van der Waals surface area contributed by atoms with Crippen LogP contribution in [0.1, 0.15) is 66.2 Å². The first-order valence-corrected chi connectivity index (χ1v) is 8.71. The molecule has 1 fully saturated rings. The Morgan fingerprint density at radius 1 is 1.18 bits per heavy atom. The minimum Gasteiger partial charge on any atom is -0.444 e. The topological polar surface area (TPSA) is 59.6 Å². The first-order chi connectivity index (χ1) is 10.4. The lowest BCUT2D eigenvalue weighted by molar-refractivity contribution is 0.0488. The van der Waals surface area contributed by atoms with Crippen molar-refractivity contribution in [1.29, 1.82) is 0 Å². The van der Waals surface area contributed by atoms with Gasteiger partial charge in [0.1, 0.15) is 5.60 Å². The molecule has 130 valence electrons. The van der Waals surface area contributed by atoms with Crippen molar-refractivity contribution < 1.29 is 14.3 Å². The molecule has 0 bridgehead atoms. The zero-order chi connectivity index (χ0) is 16.4. The maximum absolute atomic E-state index is 11.8. The van der Waals surface area contributed by atoms with Gasteiger partial charge in [0, 0.05) is 25.3 Å². The van der Waals surface area contributed by atoms with Gasteiger partial charge >= 0.3 is 6.09 Å². The molecule has 1 aliphatic carbocycles. The molecule has 1 aliphatic rings. The fourth-order valence-electron chi connectivity index (χ4n) is 2.71. The molecule has 1 rings (SSSR count). The molecule has 1 amide bonds. The second-order valence-electron chi connectivity index (χ2n) is 7.13. The van der Waals surface area contributed by atoms with Gasteiger partial charge in [0.2, 0.25) is 0 Å². The molecule has 0 aromatic rings. The number of carbonyl (C=O) groups excluding carboxylic acids is 1. The second kappa shape index (κ2) is 10.1. The monoisotopic (exact) mass is 314 g/mol. The third kappa shape index (κ3) is 9.26. The van der Waals surface area contributed by atoms with E-state index in [0.29, 0.717) is 6.04 Å². The van der Waals surface area contributed by atoms with Gasteiger partial charge in [-0.3, -0.25) is 0 Å². The van der Waals surface area contributed by atoms with E-state index in [1.54, 1.807) is 0 Å². The molecule has 2 unspecified atom stereocenters. The lowest BCUT2D eigenvalue weighted by atomic mass is 9.91. The highest BCUT2D eigenvalue weighted by Gasteiger charge is 2.25. The van der Waals surface area contributed by atoms with Crippen molar-refractivity contribution >= 4 is 6.09 Å². The van der Waals surface area contributed by atoms with E-state index in [9.17, 15) is 4.79 Å². The summed E-state index contributed by atoms with van der Waals surface area (Å²) in [5.74, 6) is 0. The number of hydrogen-bond donors (Lipinski definition) is 2. The largest absolute Gasteiger partial charge is 0.444 e. The van der Waals surface area contributed by atoms with E-state index < -0.39 is 5.60 Å². The van der Waals surface area contributed by atoms with Gasteiger partial charge in [0.05, 0.1) is 0 Å². The van der Waals surface area contributed by atoms with Crippen molar-refractivity contribution in [2.24, 2.45) is 0 Å². The molecule has 2 N–H and O–H groups in total. The summed E-state index contributed by atoms with van der Waals surface area (Å²) in [5, 5.41) is 6.58. The highest BCUT2D eigenvalue weighted by Crippen LogP contribution is 2.19. The van der Waals surface area contributed by atoms with Crippen LogP contribution in [-0.4, -0.2) is 43.5 Å². The Kier molecular flexibility index (Phi) is 8.79. The molecule has 5 nitrogen and oxygen atoms in total. The molecule has 1 saturated carbocycles. The smallest absolute Gasteiger partial charge is 0.407 e. The molecule has 0 saturated heterocycles. The zero-order valence-electron chi connectivity index (χ0n) is 14.7. The zero-order valence-corrected chi connectivity index (χ0v) is 14.7. The third-order valence-corrected chi connectivity index (χ3v) is 3.64. The average molecular weight is 314 g/mol. The maximum atomic E-state index is 11.8. The van der Waals surface area contributed by atoms with Gasteiger partial charge in [0.25, 0.3) is 0 Å². The van der Waals surface area contributed by atoms with Crippen molar-refractivity contribution in [3.8, 4) is 0 Å². The first-order valence-electron chi connectivity index (χ1n) is 8.71. The number of amides is 1. The van der Waals surface area contributed by atoms with Gasteiger partial charge in [0.15, 0.2) is 0 Å². The van der Waals surface area contributed by atoms with Crippen LogP contribution in [0.5, 0.6) is 0 Å². The molecule has 0 heterocycles. The Morgan fingerprint density at radius 3 is 2.59 bits per heavy atom. The fraction of sp³-hybridized carbons (Fsp3) is 0.941. The lowest BCUT2D eigenvalue weighted by Crippen LogP contribution is -2.45. The van der Waals surface area contributed by atoms with Crippen LogP contribution in [-0.2, 0) is 9.47 Å². The van der Waals surface area contributed by atoms with Crippen molar-refractivity contribution in [2.75, 3.05) is 19.8 Å². The van der Waals surface area contributed by atoms with Gasteiger partial charge in [-0.05, 0) is 65.8 Å². The summed E-state index contributed by atoms with van der Waals surface area (Å²) in [4.78, 5) is 11.8. The van der Waals surface area contributed by atoms with Gasteiger partial charge in [-0.15, -0.1) is 0 Å². The van der Waals surface area contributed by atoms with E-state index in [-0.39, 0.29) is 12.1 Å². The summed E-state index contributed by atoms with van der Waals surface area (Å²) in [6.45, 7) is 10.4. The molecule has 2 atom stereocenters. The number of nitrogens with one attached hydrogen (secondary N) is 2. The van der Waals surface area contributed by atoms with Crippen LogP contribution in [0.25, 0.3) is 0 Å². The van der Waals surface area contributed by atoms with Crippen LogP contribution in [0.2, 0.25) is 0 Å². The summed E-state index contributed by atoms with van der Waals surface area (Å²) in [6.07, 6.45) is 6.17. The van der Waals surface area contributed by atoms with Crippen LogP contribution in [0.15, 0.2) is 0 Å². The number of hydrogen-bond acceptors (Lipinski definition) is 4. The lowest BCUT2D eigenvalue weighted by Gasteiger charge is -2.31. The summed E-state index contributed by atoms with van der Waals surface area (Å²) in [6, 6.07) is 0.706. The standard InChI is InChI=1S/C17H34N2O3/c1-5-11-21-12-7-10-18-14-8-6-9-15(13-14)19-16(20)22-17(2,3)4/h14-15,18H,5-13H2,1-4H3,(H,19,20). The van der Waals surface area contributed by atoms with Gasteiger partial charge in [-0.1, -0.05) is 6.92 Å². The van der Waals surface area contributed by atoms with Crippen LogP contribution >= 0.6 is 0 Å². The number of rotatable bonds is 8. The van der Waals surface area contributed by atoms with Crippen molar-refractivity contribution in [3.63, 3.8) is 0 Å². The Bertz CT molecular complexity index is 316. The van der Waals surface area contributed by atoms with Gasteiger partial charge in [-0.25, -0.2) is 4.79 Å². The molecule has 5 heteroatoms. The molecular formula is C17H34N2O3. The van der Waals surface area contributed by atoms with Crippen molar-refractivity contribution in [1.82, 2.24) is 10.6 Å². The predicted octanol–water partition coefficient (Wildman–Crippen LogP) is 3.23. The summed E-state index contributed by atoms with van der Waals surface area (Å²) in [5.41, 5.74) is -0.436. The molecule has 0 aromatic carbocycles. The van der Waals surface area contributed by atoms with Gasteiger partial charge < -0.3 is 20.1 Å². The highest BCUT2D eigenvalue weighted by molar-refractivity contribution is 5.68. The number of alkyl carbamates (subject to hydrolysis) is 1. The molecule has 0 aliphatic heterocycles. The SMILES string of the molecule is CCCOCCCNC1CCCC(NC(=O)OC(C)(C)C)C1. The summed E-state index contributed by atoms with van der Waals surface area (Å²) in [7, 11) is 0. The number of ether oxygens (including phenoxy) is 2. The molecule has 0 radical (unpaired) electrons. The minimum atomic E-state index is -0.436. The van der Waals surface area contributed by atoms with E-state index in [1.165, 1.54) is 6.42 Å². The molecule has 0 spiro atoms. The van der Waals surface area contributed by atoms with Crippen LogP contribution in [0.3, 0.4) is 0 Å². The summed E-state index contributed by atoms with van der Waals surface area (Å²) < 4.78 is 10.8. The first kappa shape index (κ1) is 19.2. The van der Waals surface area contributed by atoms with E-state index in [4.69, 9.17) is 9.47 Å². The maximum Gasteiger partial charge on any atom is 0.407 e. The molecule has 0 aromatic heterocycles. The van der Waals surface area contributed by atoms with Crippen LogP contribution < -0.4 is 10.6 Å². The quantitative estimate of drug-likeness (QED) is 0.675. The number of carbonyl (C=O) groups is 1. The normalized spacial score (nSPS) is 22.4. The van der Waals surface area contributed by atoms with E-state index >= 15 is 0 Å². The predicted molar refractivity (Wildman–Crippen MR) is 89.1 cm³/mol. The van der Waals surface area contributed by atoms with E-state index in [1.807, 2.05) is 20.8 Å². The summed E-state index contributed by atoms with van der Waals surface area (Å²) >= 11 is 0. The Morgan fingerprint density at radius 2 is 1.91 bits per heavy atom. The molecule has 22 heavy (non-hydrogen) atoms. The van der Waals surface area contributed by atoms with E-state index in [2.05, 4.69) is 17.6 Å². The average Bonchev–Trinajstić information content (AvgIpc) is 2.41. The van der Waals surface area contributed by atoms with Crippen molar-refractivity contribution in [2.45, 2.75) is 83.9 Å². The van der Waals surface area contributed by atoms with E-state index in [0.717, 1.165) is 51.9 Å². The third-order valence-electron chi connectivity index (χ3n) is 3.64. The Labute approximate surface area is 135 Å². The fourth-order valence-corrected chi connectivity index (χ4v) is 2.71. The Hall–Kier alpha value is -0.810. The van der Waals surface area contributed by atoms with Gasteiger partial charge in [-0.2, -0.15) is 0 Å². The Balaban J connectivity index is 2.17. The van der Waals surface area contributed by atoms with Crippen molar-refractivity contribution in [3.05, 3.63) is 0 Å². The molecular weight excluding hydrogens is 280 g/mol.